The number of carbonyl (C=O) groups is 1. The molecule has 0 aliphatic carbocycles. The van der Waals surface area contributed by atoms with Crippen LogP contribution in [0.2, 0.25) is 5.02 Å². The summed E-state index contributed by atoms with van der Waals surface area (Å²) in [6.07, 6.45) is 4.44. The van der Waals surface area contributed by atoms with Crippen molar-refractivity contribution in [3.63, 3.8) is 0 Å². The third kappa shape index (κ3) is 4.42. The molecule has 2 atom stereocenters. The number of nitrogens with one attached hydrogen (secondary N) is 1. The Morgan fingerprint density at radius 1 is 1.09 bits per heavy atom. The van der Waals surface area contributed by atoms with Crippen molar-refractivity contribution in [2.24, 2.45) is 0 Å². The zero-order valence-corrected chi connectivity index (χ0v) is 20.0. The van der Waals surface area contributed by atoms with E-state index in [1.807, 2.05) is 58.1 Å². The Kier molecular flexibility index (Phi) is 6.46. The van der Waals surface area contributed by atoms with Crippen molar-refractivity contribution < 1.29 is 9.53 Å². The normalized spacial score (nSPS) is 20.5. The van der Waals surface area contributed by atoms with Crippen molar-refractivity contribution in [2.75, 3.05) is 25.6 Å². The fraction of sp³-hybridized carbons (Fsp3) is 0.375. The lowest BCUT2D eigenvalue weighted by molar-refractivity contribution is -0.131. The summed E-state index contributed by atoms with van der Waals surface area (Å²) in [6.45, 7) is 1.60. The molecule has 3 heterocycles. The lowest BCUT2D eigenvalue weighted by atomic mass is 10.0. The van der Waals surface area contributed by atoms with Gasteiger partial charge in [-0.25, -0.2) is 4.68 Å². The smallest absolute Gasteiger partial charge is 0.238 e. The average Bonchev–Trinajstić information content (AvgIpc) is 3.07. The standard InChI is InChI=1S/C24H26ClN5O2S/c1-32-19-12-11-17(15-18(19)25)20-21(23(31)29-13-7-2-3-8-14-29)33-24-27-26-22(30(24)28-20)16-9-5-4-6-10-16/h4-6,9-12,15,20-21,28H,2-3,7-8,13-14H2,1H3/t20-,21+/m0/s1. The molecule has 0 unspecified atom stereocenters. The van der Waals surface area contributed by atoms with Gasteiger partial charge in [0.25, 0.3) is 0 Å². The molecule has 0 spiro atoms. The number of carbonyl (C=O) groups excluding carboxylic acids is 1. The molecule has 3 aromatic rings. The molecule has 2 aliphatic rings. The highest BCUT2D eigenvalue weighted by molar-refractivity contribution is 8.00. The van der Waals surface area contributed by atoms with Gasteiger partial charge in [0.2, 0.25) is 11.1 Å². The quantitative estimate of drug-likeness (QED) is 0.576. The number of halogens is 1. The van der Waals surface area contributed by atoms with Gasteiger partial charge in [0.1, 0.15) is 11.0 Å². The predicted octanol–water partition coefficient (Wildman–Crippen LogP) is 4.77. The van der Waals surface area contributed by atoms with E-state index in [1.165, 1.54) is 24.6 Å². The summed E-state index contributed by atoms with van der Waals surface area (Å²) >= 11 is 7.93. The van der Waals surface area contributed by atoms with Crippen molar-refractivity contribution in [1.82, 2.24) is 19.8 Å². The van der Waals surface area contributed by atoms with Crippen LogP contribution in [0, 0.1) is 0 Å². The van der Waals surface area contributed by atoms with Gasteiger partial charge < -0.3 is 15.1 Å². The number of rotatable bonds is 4. The van der Waals surface area contributed by atoms with Crippen LogP contribution in [0.1, 0.15) is 37.3 Å². The van der Waals surface area contributed by atoms with E-state index < -0.39 is 0 Å². The largest absolute Gasteiger partial charge is 0.495 e. The second-order valence-electron chi connectivity index (χ2n) is 8.29. The fourth-order valence-electron chi connectivity index (χ4n) is 4.41. The minimum absolute atomic E-state index is 0.127. The molecule has 1 amide bonds. The van der Waals surface area contributed by atoms with E-state index in [9.17, 15) is 4.79 Å². The maximum atomic E-state index is 13.7. The number of benzene rings is 2. The van der Waals surface area contributed by atoms with Gasteiger partial charge in [-0.1, -0.05) is 72.6 Å². The lowest BCUT2D eigenvalue weighted by Crippen LogP contribution is -2.46. The van der Waals surface area contributed by atoms with Gasteiger partial charge in [-0.3, -0.25) is 4.79 Å². The van der Waals surface area contributed by atoms with Crippen LogP contribution in [0.25, 0.3) is 11.4 Å². The first-order valence-corrected chi connectivity index (χ1v) is 12.5. The molecular weight excluding hydrogens is 458 g/mol. The number of nitrogens with zero attached hydrogens (tertiary/aromatic N) is 4. The highest BCUT2D eigenvalue weighted by Crippen LogP contribution is 2.41. The molecular formula is C24H26ClN5O2S. The molecule has 2 aliphatic heterocycles. The number of ether oxygens (including phenoxy) is 1. The summed E-state index contributed by atoms with van der Waals surface area (Å²) in [5, 5.41) is 9.63. The van der Waals surface area contributed by atoms with Crippen LogP contribution in [0.3, 0.4) is 0 Å². The third-order valence-electron chi connectivity index (χ3n) is 6.16. The van der Waals surface area contributed by atoms with Crippen LogP contribution in [0.4, 0.5) is 0 Å². The van der Waals surface area contributed by atoms with Gasteiger partial charge in [0, 0.05) is 18.7 Å². The van der Waals surface area contributed by atoms with E-state index in [0.29, 0.717) is 21.8 Å². The second-order valence-corrected chi connectivity index (χ2v) is 9.80. The molecule has 0 radical (unpaired) electrons. The minimum atomic E-state index is -0.382. The fourth-order valence-corrected chi connectivity index (χ4v) is 5.84. The summed E-state index contributed by atoms with van der Waals surface area (Å²) < 4.78 is 7.22. The Balaban J connectivity index is 1.53. The minimum Gasteiger partial charge on any atom is -0.495 e. The predicted molar refractivity (Wildman–Crippen MR) is 130 cm³/mol. The molecule has 1 N–H and O–H groups in total. The number of aromatic nitrogens is 3. The molecule has 1 fully saturated rings. The Morgan fingerprint density at radius 2 is 1.85 bits per heavy atom. The van der Waals surface area contributed by atoms with Crippen molar-refractivity contribution in [2.45, 2.75) is 42.1 Å². The molecule has 9 heteroatoms. The molecule has 172 valence electrons. The maximum absolute atomic E-state index is 13.7. The summed E-state index contributed by atoms with van der Waals surface area (Å²) in [6, 6.07) is 15.3. The number of fused-ring (bicyclic) bond motifs is 1. The zero-order valence-electron chi connectivity index (χ0n) is 18.4. The summed E-state index contributed by atoms with van der Waals surface area (Å²) in [5.74, 6) is 1.44. The monoisotopic (exact) mass is 483 g/mol. The average molecular weight is 484 g/mol. The summed E-state index contributed by atoms with van der Waals surface area (Å²) in [4.78, 5) is 15.7. The van der Waals surface area contributed by atoms with E-state index in [1.54, 1.807) is 7.11 Å². The van der Waals surface area contributed by atoms with E-state index >= 15 is 0 Å². The van der Waals surface area contributed by atoms with Crippen LogP contribution in [0.15, 0.2) is 53.7 Å². The number of amides is 1. The van der Waals surface area contributed by atoms with E-state index in [-0.39, 0.29) is 17.2 Å². The molecule has 0 saturated carbocycles. The van der Waals surface area contributed by atoms with Gasteiger partial charge in [-0.2, -0.15) is 0 Å². The number of likely N-dealkylation sites (tertiary alicyclic amines) is 1. The molecule has 1 saturated heterocycles. The summed E-state index contributed by atoms with van der Waals surface area (Å²) in [7, 11) is 1.59. The van der Waals surface area contributed by atoms with Crippen LogP contribution in [-0.4, -0.2) is 51.1 Å². The van der Waals surface area contributed by atoms with Gasteiger partial charge in [0.15, 0.2) is 5.82 Å². The molecule has 2 aromatic carbocycles. The number of hydrogen-bond acceptors (Lipinski definition) is 6. The van der Waals surface area contributed by atoms with Crippen LogP contribution in [0.5, 0.6) is 5.75 Å². The lowest BCUT2D eigenvalue weighted by Gasteiger charge is -2.35. The second kappa shape index (κ2) is 9.65. The van der Waals surface area contributed by atoms with E-state index in [4.69, 9.17) is 16.3 Å². The first-order chi connectivity index (χ1) is 16.2. The first kappa shape index (κ1) is 22.1. The van der Waals surface area contributed by atoms with Crippen molar-refractivity contribution >= 4 is 29.3 Å². The Labute approximate surface area is 202 Å². The van der Waals surface area contributed by atoms with Crippen LogP contribution >= 0.6 is 23.4 Å². The highest BCUT2D eigenvalue weighted by Gasteiger charge is 2.40. The van der Waals surface area contributed by atoms with Gasteiger partial charge in [-0.15, -0.1) is 10.2 Å². The Morgan fingerprint density at radius 3 is 2.55 bits per heavy atom. The van der Waals surface area contributed by atoms with Crippen LogP contribution < -0.4 is 10.2 Å². The summed E-state index contributed by atoms with van der Waals surface area (Å²) in [5.41, 5.74) is 5.40. The SMILES string of the molecule is COc1ccc([C@@H]2Nn3c(nnc3-c3ccccc3)S[C@H]2C(=O)N2CCCCCC2)cc1Cl. The Bertz CT molecular complexity index is 1130. The van der Waals surface area contributed by atoms with Gasteiger partial charge >= 0.3 is 0 Å². The van der Waals surface area contributed by atoms with Gasteiger partial charge in [-0.05, 0) is 30.5 Å². The number of hydrogen-bond donors (Lipinski definition) is 1. The number of methoxy groups -OCH3 is 1. The molecule has 7 nitrogen and oxygen atoms in total. The molecule has 5 rings (SSSR count). The third-order valence-corrected chi connectivity index (χ3v) is 7.66. The van der Waals surface area contributed by atoms with Crippen molar-refractivity contribution in [3.05, 3.63) is 59.1 Å². The van der Waals surface area contributed by atoms with Crippen molar-refractivity contribution in [1.29, 1.82) is 0 Å². The highest BCUT2D eigenvalue weighted by atomic mass is 35.5. The van der Waals surface area contributed by atoms with E-state index in [2.05, 4.69) is 15.6 Å². The zero-order chi connectivity index (χ0) is 22.8. The van der Waals surface area contributed by atoms with Crippen molar-refractivity contribution in [3.8, 4) is 17.1 Å². The topological polar surface area (TPSA) is 72.3 Å². The first-order valence-electron chi connectivity index (χ1n) is 11.2. The molecule has 0 bridgehead atoms. The van der Waals surface area contributed by atoms with E-state index in [0.717, 1.165) is 37.1 Å². The molecule has 33 heavy (non-hydrogen) atoms. The number of thioether (sulfide) groups is 1. The maximum Gasteiger partial charge on any atom is 0.238 e. The van der Waals surface area contributed by atoms with Gasteiger partial charge in [0.05, 0.1) is 18.2 Å². The molecule has 1 aromatic heterocycles. The van der Waals surface area contributed by atoms with Crippen LogP contribution in [-0.2, 0) is 4.79 Å². The Hall–Kier alpha value is -2.71.